The molecule has 3 aromatic rings. The highest BCUT2D eigenvalue weighted by Crippen LogP contribution is 2.39. The number of thioether (sulfide) groups is 1. The maximum absolute atomic E-state index is 6.15. The minimum atomic E-state index is -0.389. The summed E-state index contributed by atoms with van der Waals surface area (Å²) >= 11 is 1.47. The summed E-state index contributed by atoms with van der Waals surface area (Å²) in [7, 11) is 0. The van der Waals surface area contributed by atoms with Gasteiger partial charge in [-0.05, 0) is 18.2 Å². The van der Waals surface area contributed by atoms with Gasteiger partial charge in [0.15, 0.2) is 11.9 Å². The summed E-state index contributed by atoms with van der Waals surface area (Å²) in [6, 6.07) is 11.7. The summed E-state index contributed by atoms with van der Waals surface area (Å²) in [5, 5.41) is 12.5. The number of hydrogen-bond acceptors (Lipinski definition) is 7. The first-order valence-electron chi connectivity index (χ1n) is 7.76. The summed E-state index contributed by atoms with van der Waals surface area (Å²) in [4.78, 5) is 8.62. The smallest absolute Gasteiger partial charge is 0.247 e. The van der Waals surface area contributed by atoms with E-state index in [1.54, 1.807) is 18.5 Å². The molecular formula is C18H15N5OS. The van der Waals surface area contributed by atoms with Gasteiger partial charge in [0, 0.05) is 35.0 Å². The maximum Gasteiger partial charge on any atom is 0.247 e. The molecule has 0 fully saturated rings. The molecule has 0 amide bonds. The van der Waals surface area contributed by atoms with Gasteiger partial charge < -0.3 is 10.1 Å². The van der Waals surface area contributed by atoms with Gasteiger partial charge in [0.05, 0.1) is 0 Å². The van der Waals surface area contributed by atoms with Crippen molar-refractivity contribution in [2.24, 2.45) is 0 Å². The van der Waals surface area contributed by atoms with Crippen molar-refractivity contribution < 1.29 is 4.74 Å². The molecule has 4 rings (SSSR count). The molecule has 25 heavy (non-hydrogen) atoms. The van der Waals surface area contributed by atoms with E-state index >= 15 is 0 Å². The second-order valence-electron chi connectivity index (χ2n) is 5.32. The van der Waals surface area contributed by atoms with Gasteiger partial charge in [-0.25, -0.2) is 0 Å². The molecule has 0 saturated heterocycles. The molecule has 0 unspecified atom stereocenters. The Hall–Kier alpha value is -2.93. The highest BCUT2D eigenvalue weighted by Gasteiger charge is 2.25. The lowest BCUT2D eigenvalue weighted by Crippen LogP contribution is -2.17. The summed E-state index contributed by atoms with van der Waals surface area (Å²) < 4.78 is 6.15. The van der Waals surface area contributed by atoms with Crippen LogP contribution in [0.3, 0.4) is 0 Å². The molecule has 2 aromatic heterocycles. The van der Waals surface area contributed by atoms with Crippen LogP contribution in [0.25, 0.3) is 11.3 Å². The van der Waals surface area contributed by atoms with Crippen LogP contribution in [-0.2, 0) is 0 Å². The zero-order chi connectivity index (χ0) is 17.1. The normalized spacial score (nSPS) is 15.1. The molecule has 1 atom stereocenters. The molecular weight excluding hydrogens is 334 g/mol. The maximum atomic E-state index is 6.15. The lowest BCUT2D eigenvalue weighted by molar-refractivity contribution is 0.225. The van der Waals surface area contributed by atoms with E-state index in [0.717, 1.165) is 16.8 Å². The summed E-state index contributed by atoms with van der Waals surface area (Å²) in [5.74, 6) is 1.17. The van der Waals surface area contributed by atoms with Crippen LogP contribution in [0.4, 0.5) is 5.69 Å². The molecule has 0 spiro atoms. The lowest BCUT2D eigenvalue weighted by atomic mass is 10.1. The van der Waals surface area contributed by atoms with E-state index in [-0.39, 0.29) is 6.23 Å². The van der Waals surface area contributed by atoms with Crippen molar-refractivity contribution in [3.05, 3.63) is 67.0 Å². The Balaban J connectivity index is 1.80. The molecule has 6 nitrogen and oxygen atoms in total. The molecule has 1 aromatic carbocycles. The summed E-state index contributed by atoms with van der Waals surface area (Å²) in [6.07, 6.45) is 4.89. The molecule has 7 heteroatoms. The highest BCUT2D eigenvalue weighted by atomic mass is 32.2. The number of aromatic nitrogens is 4. The number of nitrogens with zero attached hydrogens (tertiary/aromatic N) is 4. The third kappa shape index (κ3) is 3.18. The van der Waals surface area contributed by atoms with Crippen LogP contribution in [0.15, 0.2) is 66.6 Å². The van der Waals surface area contributed by atoms with Crippen LogP contribution in [0.1, 0.15) is 11.8 Å². The van der Waals surface area contributed by atoms with Crippen molar-refractivity contribution in [3.8, 4) is 17.1 Å². The second kappa shape index (κ2) is 6.90. The quantitative estimate of drug-likeness (QED) is 0.568. The number of pyridine rings is 1. The molecule has 1 aliphatic heterocycles. The Labute approximate surface area is 149 Å². The van der Waals surface area contributed by atoms with Crippen molar-refractivity contribution in [2.75, 3.05) is 11.1 Å². The number of hydrogen-bond donors (Lipinski definition) is 1. The van der Waals surface area contributed by atoms with Crippen LogP contribution in [0.2, 0.25) is 0 Å². The fraction of sp³-hybridized carbons (Fsp3) is 0.111. The Morgan fingerprint density at radius 2 is 2.00 bits per heavy atom. The molecule has 0 aliphatic carbocycles. The fourth-order valence-corrected chi connectivity index (χ4v) is 3.04. The van der Waals surface area contributed by atoms with Crippen molar-refractivity contribution >= 4 is 17.4 Å². The van der Waals surface area contributed by atoms with Gasteiger partial charge in [-0.2, -0.15) is 4.98 Å². The van der Waals surface area contributed by atoms with Crippen molar-refractivity contribution in [2.45, 2.75) is 11.4 Å². The fourth-order valence-electron chi connectivity index (χ4n) is 2.53. The van der Waals surface area contributed by atoms with E-state index in [1.165, 1.54) is 11.8 Å². The molecule has 124 valence electrons. The zero-order valence-corrected chi connectivity index (χ0v) is 14.1. The predicted octanol–water partition coefficient (Wildman–Crippen LogP) is 3.71. The standard InChI is InChI=1S/C18H15N5OS/c1-2-11-25-18-21-17-15(22-23-18)13-5-3-4-6-14(13)20-16(24-17)12-7-9-19-10-8-12/h2-10,16,20H,1,11H2/t16-/m1/s1. The average Bonchev–Trinajstić information content (AvgIpc) is 2.83. The van der Waals surface area contributed by atoms with Crippen LogP contribution >= 0.6 is 11.8 Å². The van der Waals surface area contributed by atoms with Gasteiger partial charge in [-0.1, -0.05) is 36.0 Å². The first kappa shape index (κ1) is 15.6. The highest BCUT2D eigenvalue weighted by molar-refractivity contribution is 7.99. The van der Waals surface area contributed by atoms with Gasteiger partial charge in [-0.15, -0.1) is 16.8 Å². The first-order valence-corrected chi connectivity index (χ1v) is 8.74. The Kier molecular flexibility index (Phi) is 4.30. The Bertz CT molecular complexity index is 903. The number of benzene rings is 1. The van der Waals surface area contributed by atoms with E-state index in [2.05, 4.69) is 32.1 Å². The van der Waals surface area contributed by atoms with Gasteiger partial charge in [-0.3, -0.25) is 4.98 Å². The number of para-hydroxylation sites is 1. The topological polar surface area (TPSA) is 72.8 Å². The van der Waals surface area contributed by atoms with Gasteiger partial charge >= 0.3 is 0 Å². The monoisotopic (exact) mass is 349 g/mol. The molecule has 0 saturated carbocycles. The van der Waals surface area contributed by atoms with E-state index in [9.17, 15) is 0 Å². The zero-order valence-electron chi connectivity index (χ0n) is 13.3. The third-order valence-electron chi connectivity index (χ3n) is 3.67. The van der Waals surface area contributed by atoms with Gasteiger partial charge in [0.25, 0.3) is 0 Å². The van der Waals surface area contributed by atoms with Crippen molar-refractivity contribution in [3.63, 3.8) is 0 Å². The molecule has 0 radical (unpaired) electrons. The average molecular weight is 349 g/mol. The van der Waals surface area contributed by atoms with Crippen molar-refractivity contribution in [1.29, 1.82) is 0 Å². The van der Waals surface area contributed by atoms with E-state index < -0.39 is 0 Å². The molecule has 1 aliphatic rings. The van der Waals surface area contributed by atoms with E-state index in [4.69, 9.17) is 4.74 Å². The molecule has 0 bridgehead atoms. The van der Waals surface area contributed by atoms with E-state index in [0.29, 0.717) is 22.5 Å². The third-order valence-corrected chi connectivity index (χ3v) is 4.51. The number of rotatable bonds is 4. The number of fused-ring (bicyclic) bond motifs is 3. The minimum absolute atomic E-state index is 0.389. The van der Waals surface area contributed by atoms with Crippen LogP contribution in [0, 0.1) is 0 Å². The first-order chi connectivity index (χ1) is 12.3. The molecule has 3 heterocycles. The Morgan fingerprint density at radius 1 is 1.16 bits per heavy atom. The number of nitrogens with one attached hydrogen (secondary N) is 1. The van der Waals surface area contributed by atoms with E-state index in [1.807, 2.05) is 36.4 Å². The number of ether oxygens (including phenoxy) is 1. The number of anilines is 1. The minimum Gasteiger partial charge on any atom is -0.448 e. The van der Waals surface area contributed by atoms with Crippen molar-refractivity contribution in [1.82, 2.24) is 20.2 Å². The largest absolute Gasteiger partial charge is 0.448 e. The SMILES string of the molecule is C=CCSc1nnc2c(n1)O[C@H](c1ccncc1)Nc1ccccc1-2. The summed E-state index contributed by atoms with van der Waals surface area (Å²) in [5.41, 5.74) is 3.42. The van der Waals surface area contributed by atoms with Crippen LogP contribution < -0.4 is 10.1 Å². The lowest BCUT2D eigenvalue weighted by Gasteiger charge is -2.19. The summed E-state index contributed by atoms with van der Waals surface area (Å²) in [6.45, 7) is 3.72. The van der Waals surface area contributed by atoms with Gasteiger partial charge in [0.2, 0.25) is 11.0 Å². The molecule has 1 N–H and O–H groups in total. The van der Waals surface area contributed by atoms with Gasteiger partial charge in [0.1, 0.15) is 0 Å². The van der Waals surface area contributed by atoms with Crippen LogP contribution in [-0.4, -0.2) is 25.9 Å². The predicted molar refractivity (Wildman–Crippen MR) is 97.4 cm³/mol. The van der Waals surface area contributed by atoms with Crippen LogP contribution in [0.5, 0.6) is 5.88 Å². The Morgan fingerprint density at radius 3 is 2.84 bits per heavy atom. The second-order valence-corrected chi connectivity index (χ2v) is 6.30.